The van der Waals surface area contributed by atoms with Crippen molar-refractivity contribution in [2.24, 2.45) is 0 Å². The van der Waals surface area contributed by atoms with E-state index in [1.807, 2.05) is 37.3 Å². The van der Waals surface area contributed by atoms with Gasteiger partial charge in [-0.2, -0.15) is 0 Å². The highest BCUT2D eigenvalue weighted by Gasteiger charge is 2.32. The molecule has 6 nitrogen and oxygen atoms in total. The summed E-state index contributed by atoms with van der Waals surface area (Å²) in [6, 6.07) is 9.47. The Morgan fingerprint density at radius 3 is 2.78 bits per heavy atom. The number of rotatable bonds is 5. The molecule has 0 unspecified atom stereocenters. The Balaban J connectivity index is 1.82. The monoisotopic (exact) mass is 367 g/mol. The zero-order valence-electron chi connectivity index (χ0n) is 15.3. The minimum atomic E-state index is -0.182. The van der Waals surface area contributed by atoms with Gasteiger partial charge in [-0.15, -0.1) is 0 Å². The quantitative estimate of drug-likeness (QED) is 0.813. The first kappa shape index (κ1) is 17.3. The van der Waals surface area contributed by atoms with Gasteiger partial charge in [-0.3, -0.25) is 4.79 Å². The number of fused-ring (bicyclic) bond motifs is 2. The lowest BCUT2D eigenvalue weighted by Crippen LogP contribution is -2.24. The number of methoxy groups -OCH3 is 1. The normalized spacial score (nSPS) is 17.1. The highest BCUT2D eigenvalue weighted by molar-refractivity contribution is 5.96. The van der Waals surface area contributed by atoms with Crippen LogP contribution in [0.3, 0.4) is 0 Å². The molecule has 1 N–H and O–H groups in total. The number of benzene rings is 2. The SMILES string of the molecule is C=C(C)COc1c(OC)cccc1[C@@H]1CC(=O)Nc2cc3c(cc21)OCO3. The molecule has 2 aliphatic heterocycles. The van der Waals surface area contributed by atoms with Crippen molar-refractivity contribution in [2.45, 2.75) is 19.3 Å². The Hall–Kier alpha value is -3.15. The van der Waals surface area contributed by atoms with Crippen LogP contribution in [0.2, 0.25) is 0 Å². The third-order valence-electron chi connectivity index (χ3n) is 4.65. The highest BCUT2D eigenvalue weighted by atomic mass is 16.7. The molecule has 1 amide bonds. The van der Waals surface area contributed by atoms with E-state index in [0.29, 0.717) is 36.0 Å². The van der Waals surface area contributed by atoms with Crippen molar-refractivity contribution >= 4 is 11.6 Å². The summed E-state index contributed by atoms with van der Waals surface area (Å²) in [7, 11) is 1.60. The van der Waals surface area contributed by atoms with Gasteiger partial charge in [-0.25, -0.2) is 0 Å². The number of hydrogen-bond donors (Lipinski definition) is 1. The van der Waals surface area contributed by atoms with E-state index in [9.17, 15) is 4.79 Å². The van der Waals surface area contributed by atoms with Crippen LogP contribution in [0.15, 0.2) is 42.5 Å². The van der Waals surface area contributed by atoms with Crippen LogP contribution in [0, 0.1) is 0 Å². The van der Waals surface area contributed by atoms with Crippen molar-refractivity contribution in [3.05, 3.63) is 53.6 Å². The number of carbonyl (C=O) groups is 1. The second kappa shape index (κ2) is 6.87. The molecule has 0 saturated heterocycles. The largest absolute Gasteiger partial charge is 0.493 e. The molecule has 4 rings (SSSR count). The van der Waals surface area contributed by atoms with E-state index < -0.39 is 0 Å². The van der Waals surface area contributed by atoms with Crippen LogP contribution in [0.1, 0.15) is 30.4 Å². The molecule has 2 aromatic carbocycles. The van der Waals surface area contributed by atoms with Crippen LogP contribution in [0.4, 0.5) is 5.69 Å². The molecular weight excluding hydrogens is 346 g/mol. The van der Waals surface area contributed by atoms with E-state index in [1.165, 1.54) is 0 Å². The minimum absolute atomic E-state index is 0.0555. The lowest BCUT2D eigenvalue weighted by atomic mass is 9.84. The van der Waals surface area contributed by atoms with Gasteiger partial charge in [0.05, 0.1) is 7.11 Å². The van der Waals surface area contributed by atoms with E-state index in [0.717, 1.165) is 22.4 Å². The lowest BCUT2D eigenvalue weighted by Gasteiger charge is -2.28. The number of nitrogens with one attached hydrogen (secondary N) is 1. The number of hydrogen-bond acceptors (Lipinski definition) is 5. The summed E-state index contributed by atoms with van der Waals surface area (Å²) in [5.41, 5.74) is 3.49. The van der Waals surface area contributed by atoms with Crippen LogP contribution >= 0.6 is 0 Å². The summed E-state index contributed by atoms with van der Waals surface area (Å²) in [6.45, 7) is 6.36. The van der Waals surface area contributed by atoms with Crippen LogP contribution in [0.5, 0.6) is 23.0 Å². The number of para-hydroxylation sites is 1. The maximum Gasteiger partial charge on any atom is 0.231 e. The number of anilines is 1. The van der Waals surface area contributed by atoms with Gasteiger partial charge >= 0.3 is 0 Å². The van der Waals surface area contributed by atoms with Crippen molar-refractivity contribution in [3.8, 4) is 23.0 Å². The van der Waals surface area contributed by atoms with Crippen LogP contribution in [-0.2, 0) is 4.79 Å². The number of carbonyl (C=O) groups excluding carboxylic acids is 1. The molecule has 0 spiro atoms. The Kier molecular flexibility index (Phi) is 4.39. The highest BCUT2D eigenvalue weighted by Crippen LogP contribution is 2.48. The zero-order valence-corrected chi connectivity index (χ0v) is 15.3. The first-order valence-electron chi connectivity index (χ1n) is 8.74. The summed E-state index contributed by atoms with van der Waals surface area (Å²) in [5, 5.41) is 2.93. The molecule has 0 radical (unpaired) electrons. The van der Waals surface area contributed by atoms with Crippen LogP contribution in [-0.4, -0.2) is 26.4 Å². The number of amides is 1. The van der Waals surface area contributed by atoms with E-state index in [4.69, 9.17) is 18.9 Å². The van der Waals surface area contributed by atoms with Gasteiger partial charge in [-0.05, 0) is 30.2 Å². The van der Waals surface area contributed by atoms with Crippen molar-refractivity contribution in [2.75, 3.05) is 25.8 Å². The molecule has 2 heterocycles. The van der Waals surface area contributed by atoms with Gasteiger partial charge in [-0.1, -0.05) is 18.7 Å². The maximum absolute atomic E-state index is 12.4. The third kappa shape index (κ3) is 3.18. The summed E-state index contributed by atoms with van der Waals surface area (Å²) in [4.78, 5) is 12.4. The molecule has 2 aliphatic rings. The Morgan fingerprint density at radius 1 is 1.26 bits per heavy atom. The molecule has 0 aromatic heterocycles. The van der Waals surface area contributed by atoms with Crippen LogP contribution < -0.4 is 24.3 Å². The molecule has 2 aromatic rings. The predicted molar refractivity (Wildman–Crippen MR) is 101 cm³/mol. The van der Waals surface area contributed by atoms with Gasteiger partial charge < -0.3 is 24.3 Å². The molecule has 1 atom stereocenters. The maximum atomic E-state index is 12.4. The molecule has 140 valence electrons. The average molecular weight is 367 g/mol. The number of ether oxygens (including phenoxy) is 4. The summed E-state index contributed by atoms with van der Waals surface area (Å²) < 4.78 is 22.5. The van der Waals surface area contributed by atoms with E-state index in [1.54, 1.807) is 7.11 Å². The van der Waals surface area contributed by atoms with E-state index >= 15 is 0 Å². The predicted octanol–water partition coefficient (Wildman–Crippen LogP) is 3.85. The fraction of sp³-hybridized carbons (Fsp3) is 0.286. The smallest absolute Gasteiger partial charge is 0.231 e. The summed E-state index contributed by atoms with van der Waals surface area (Å²) in [6.07, 6.45) is 0.309. The third-order valence-corrected chi connectivity index (χ3v) is 4.65. The first-order valence-corrected chi connectivity index (χ1v) is 8.74. The Bertz CT molecular complexity index is 921. The van der Waals surface area contributed by atoms with Gasteiger partial charge in [0.25, 0.3) is 0 Å². The van der Waals surface area contributed by atoms with Crippen molar-refractivity contribution < 1.29 is 23.7 Å². The summed E-state index contributed by atoms with van der Waals surface area (Å²) in [5.74, 6) is 2.34. The van der Waals surface area contributed by atoms with Crippen molar-refractivity contribution in [1.29, 1.82) is 0 Å². The molecule has 27 heavy (non-hydrogen) atoms. The van der Waals surface area contributed by atoms with E-state index in [2.05, 4.69) is 11.9 Å². The molecule has 0 fully saturated rings. The zero-order chi connectivity index (χ0) is 19.0. The Morgan fingerprint density at radius 2 is 2.04 bits per heavy atom. The second-order valence-electron chi connectivity index (χ2n) is 6.72. The van der Waals surface area contributed by atoms with Gasteiger partial charge in [0.15, 0.2) is 23.0 Å². The molecular formula is C21H21NO5. The minimum Gasteiger partial charge on any atom is -0.493 e. The van der Waals surface area contributed by atoms with Gasteiger partial charge in [0.2, 0.25) is 12.7 Å². The van der Waals surface area contributed by atoms with Crippen molar-refractivity contribution in [3.63, 3.8) is 0 Å². The van der Waals surface area contributed by atoms with Gasteiger partial charge in [0.1, 0.15) is 6.61 Å². The van der Waals surface area contributed by atoms with Crippen molar-refractivity contribution in [1.82, 2.24) is 0 Å². The van der Waals surface area contributed by atoms with Crippen LogP contribution in [0.25, 0.3) is 0 Å². The topological polar surface area (TPSA) is 66.0 Å². The fourth-order valence-electron chi connectivity index (χ4n) is 3.45. The lowest BCUT2D eigenvalue weighted by molar-refractivity contribution is -0.116. The molecule has 0 saturated carbocycles. The average Bonchev–Trinajstić information content (AvgIpc) is 3.10. The second-order valence-corrected chi connectivity index (χ2v) is 6.72. The first-order chi connectivity index (χ1) is 13.1. The molecule has 0 bridgehead atoms. The molecule has 6 heteroatoms. The summed E-state index contributed by atoms with van der Waals surface area (Å²) >= 11 is 0. The van der Waals surface area contributed by atoms with Gasteiger partial charge in [0, 0.05) is 29.7 Å². The fourth-order valence-corrected chi connectivity index (χ4v) is 3.45. The molecule has 0 aliphatic carbocycles. The van der Waals surface area contributed by atoms with E-state index in [-0.39, 0.29) is 18.6 Å². The standard InChI is InChI=1S/C21H21NO5/c1-12(2)10-25-21-13(5-4-6-17(21)24-3)14-8-20(23)22-16-9-19-18(7-15(14)16)26-11-27-19/h4-7,9,14H,1,8,10-11H2,2-3H3,(H,22,23)/t14-/m0/s1. The Labute approximate surface area is 157 Å².